The second-order valence-electron chi connectivity index (χ2n) is 3.98. The first-order chi connectivity index (χ1) is 8.56. The lowest BCUT2D eigenvalue weighted by atomic mass is 10.1. The summed E-state index contributed by atoms with van der Waals surface area (Å²) in [4.78, 5) is 24.7. The number of rotatable bonds is 2. The van der Waals surface area contributed by atoms with Crippen molar-refractivity contribution in [1.29, 1.82) is 0 Å². The second kappa shape index (κ2) is 4.94. The molecule has 1 aliphatic rings. The van der Waals surface area contributed by atoms with Crippen molar-refractivity contribution in [2.24, 2.45) is 0 Å². The molecule has 0 spiro atoms. The molecule has 0 aromatic heterocycles. The van der Waals surface area contributed by atoms with E-state index < -0.39 is 11.9 Å². The third-order valence-electron chi connectivity index (χ3n) is 2.87. The molecular formula is C12H12ClFN2O2. The number of carbonyl (C=O) groups excluding carboxylic acids is 2. The summed E-state index contributed by atoms with van der Waals surface area (Å²) in [5.74, 6) is -1.31. The topological polar surface area (TPSA) is 49.4 Å². The molecule has 0 radical (unpaired) electrons. The van der Waals surface area contributed by atoms with Gasteiger partial charge in [0.15, 0.2) is 5.82 Å². The normalized spacial score (nSPS) is 19.9. The maximum Gasteiger partial charge on any atom is 0.247 e. The largest absolute Gasteiger partial charge is 0.345 e. The van der Waals surface area contributed by atoms with Crippen LogP contribution in [-0.4, -0.2) is 24.4 Å². The van der Waals surface area contributed by atoms with Crippen LogP contribution in [0.4, 0.5) is 10.1 Å². The molecule has 1 N–H and O–H groups in total. The van der Waals surface area contributed by atoms with Crippen LogP contribution in [0, 0.1) is 5.82 Å². The molecule has 1 aromatic carbocycles. The third kappa shape index (κ3) is 2.06. The zero-order valence-electron chi connectivity index (χ0n) is 9.74. The standard InChI is InChI=1S/C12H12ClFN2O2/c1-2-8-12(18)15-6-10(17)16(8)9-5-3-4-7(13)11(9)14/h3-5,8H,2,6H2,1H3,(H,15,18). The van der Waals surface area contributed by atoms with E-state index in [1.165, 1.54) is 17.0 Å². The molecule has 1 heterocycles. The highest BCUT2D eigenvalue weighted by atomic mass is 35.5. The maximum atomic E-state index is 13.9. The van der Waals surface area contributed by atoms with Gasteiger partial charge in [0.05, 0.1) is 17.3 Å². The molecule has 1 fully saturated rings. The summed E-state index contributed by atoms with van der Waals surface area (Å²) < 4.78 is 13.9. The molecule has 6 heteroatoms. The van der Waals surface area contributed by atoms with E-state index in [1.54, 1.807) is 13.0 Å². The van der Waals surface area contributed by atoms with Crippen LogP contribution in [0.5, 0.6) is 0 Å². The molecule has 0 saturated carbocycles. The third-order valence-corrected chi connectivity index (χ3v) is 3.17. The Balaban J connectivity index is 2.48. The molecule has 0 bridgehead atoms. The van der Waals surface area contributed by atoms with E-state index in [1.807, 2.05) is 0 Å². The first kappa shape index (κ1) is 12.8. The molecule has 2 rings (SSSR count). The van der Waals surface area contributed by atoms with E-state index in [9.17, 15) is 14.0 Å². The highest BCUT2D eigenvalue weighted by Gasteiger charge is 2.35. The van der Waals surface area contributed by atoms with Crippen molar-refractivity contribution in [3.05, 3.63) is 29.0 Å². The monoisotopic (exact) mass is 270 g/mol. The van der Waals surface area contributed by atoms with E-state index in [2.05, 4.69) is 5.32 Å². The summed E-state index contributed by atoms with van der Waals surface area (Å²) in [6.45, 7) is 1.64. The Hall–Kier alpha value is -1.62. The number of piperazine rings is 1. The van der Waals surface area contributed by atoms with Crippen LogP contribution in [0.15, 0.2) is 18.2 Å². The molecule has 1 aliphatic heterocycles. The van der Waals surface area contributed by atoms with Gasteiger partial charge in [0.2, 0.25) is 11.8 Å². The minimum absolute atomic E-state index is 0.0502. The van der Waals surface area contributed by atoms with Gasteiger partial charge in [0, 0.05) is 0 Å². The fourth-order valence-corrected chi connectivity index (χ4v) is 2.18. The highest BCUT2D eigenvalue weighted by molar-refractivity contribution is 6.31. The van der Waals surface area contributed by atoms with Crippen LogP contribution in [-0.2, 0) is 9.59 Å². The van der Waals surface area contributed by atoms with Gasteiger partial charge in [-0.15, -0.1) is 0 Å². The van der Waals surface area contributed by atoms with E-state index >= 15 is 0 Å². The smallest absolute Gasteiger partial charge is 0.247 e. The van der Waals surface area contributed by atoms with Gasteiger partial charge in [-0.05, 0) is 18.6 Å². The Labute approximate surface area is 109 Å². The Morgan fingerprint density at radius 2 is 2.22 bits per heavy atom. The van der Waals surface area contributed by atoms with Crippen molar-refractivity contribution in [2.45, 2.75) is 19.4 Å². The maximum absolute atomic E-state index is 13.9. The van der Waals surface area contributed by atoms with Crippen LogP contribution in [0.25, 0.3) is 0 Å². The Morgan fingerprint density at radius 1 is 1.50 bits per heavy atom. The fourth-order valence-electron chi connectivity index (χ4n) is 2.01. The number of anilines is 1. The quantitative estimate of drug-likeness (QED) is 0.890. The number of amides is 2. The number of nitrogens with zero attached hydrogens (tertiary/aromatic N) is 1. The van der Waals surface area contributed by atoms with Gasteiger partial charge in [0.1, 0.15) is 6.04 Å². The summed E-state index contributed by atoms with van der Waals surface area (Å²) in [5, 5.41) is 2.41. The number of hydrogen-bond donors (Lipinski definition) is 1. The lowest BCUT2D eigenvalue weighted by Gasteiger charge is -2.34. The zero-order chi connectivity index (χ0) is 13.3. The molecule has 1 atom stereocenters. The van der Waals surface area contributed by atoms with Crippen molar-refractivity contribution in [3.63, 3.8) is 0 Å². The Bertz CT molecular complexity index is 507. The number of halogens is 2. The van der Waals surface area contributed by atoms with Crippen molar-refractivity contribution < 1.29 is 14.0 Å². The van der Waals surface area contributed by atoms with E-state index in [-0.39, 0.29) is 29.1 Å². The van der Waals surface area contributed by atoms with Crippen LogP contribution in [0.2, 0.25) is 5.02 Å². The van der Waals surface area contributed by atoms with Gasteiger partial charge in [-0.3, -0.25) is 14.5 Å². The van der Waals surface area contributed by atoms with Gasteiger partial charge >= 0.3 is 0 Å². The van der Waals surface area contributed by atoms with Crippen LogP contribution in [0.1, 0.15) is 13.3 Å². The summed E-state index contributed by atoms with van der Waals surface area (Å²) in [5.41, 5.74) is 0.0502. The SMILES string of the molecule is CCC1C(=O)NCC(=O)N1c1cccc(Cl)c1F. The lowest BCUT2D eigenvalue weighted by Crippen LogP contribution is -2.58. The minimum atomic E-state index is -0.695. The lowest BCUT2D eigenvalue weighted by molar-refractivity contribution is -0.131. The molecule has 96 valence electrons. The number of carbonyl (C=O) groups is 2. The van der Waals surface area contributed by atoms with Crippen LogP contribution < -0.4 is 10.2 Å². The molecule has 1 unspecified atom stereocenters. The average Bonchev–Trinajstić information content (AvgIpc) is 2.36. The van der Waals surface area contributed by atoms with Gasteiger partial charge < -0.3 is 5.32 Å². The zero-order valence-corrected chi connectivity index (χ0v) is 10.5. The summed E-state index contributed by atoms with van der Waals surface area (Å²) in [7, 11) is 0. The molecule has 2 amide bonds. The fraction of sp³-hybridized carbons (Fsp3) is 0.333. The minimum Gasteiger partial charge on any atom is -0.345 e. The average molecular weight is 271 g/mol. The van der Waals surface area contributed by atoms with Crippen LogP contribution in [0.3, 0.4) is 0 Å². The second-order valence-corrected chi connectivity index (χ2v) is 4.39. The van der Waals surface area contributed by atoms with E-state index in [0.717, 1.165) is 0 Å². The van der Waals surface area contributed by atoms with Crippen molar-refractivity contribution in [1.82, 2.24) is 5.32 Å². The molecule has 1 aromatic rings. The van der Waals surface area contributed by atoms with Crippen molar-refractivity contribution in [2.75, 3.05) is 11.4 Å². The van der Waals surface area contributed by atoms with E-state index in [4.69, 9.17) is 11.6 Å². The molecule has 1 saturated heterocycles. The number of hydrogen-bond acceptors (Lipinski definition) is 2. The van der Waals surface area contributed by atoms with Crippen LogP contribution >= 0.6 is 11.6 Å². The summed E-state index contributed by atoms with van der Waals surface area (Å²) >= 11 is 5.69. The predicted molar refractivity (Wildman–Crippen MR) is 66.0 cm³/mol. The van der Waals surface area contributed by atoms with Gasteiger partial charge in [-0.25, -0.2) is 4.39 Å². The predicted octanol–water partition coefficient (Wildman–Crippen LogP) is 1.72. The molecular weight excluding hydrogens is 259 g/mol. The summed E-state index contributed by atoms with van der Waals surface area (Å²) in [6.07, 6.45) is 0.406. The van der Waals surface area contributed by atoms with E-state index in [0.29, 0.717) is 6.42 Å². The van der Waals surface area contributed by atoms with Gasteiger partial charge in [0.25, 0.3) is 0 Å². The number of benzene rings is 1. The molecule has 4 nitrogen and oxygen atoms in total. The van der Waals surface area contributed by atoms with Crippen molar-refractivity contribution in [3.8, 4) is 0 Å². The first-order valence-electron chi connectivity index (χ1n) is 5.60. The summed E-state index contributed by atoms with van der Waals surface area (Å²) in [6, 6.07) is 3.70. The molecule has 0 aliphatic carbocycles. The molecule has 18 heavy (non-hydrogen) atoms. The highest BCUT2D eigenvalue weighted by Crippen LogP contribution is 2.28. The first-order valence-corrected chi connectivity index (χ1v) is 5.97. The van der Waals surface area contributed by atoms with Gasteiger partial charge in [-0.1, -0.05) is 24.6 Å². The number of nitrogens with one attached hydrogen (secondary N) is 1. The van der Waals surface area contributed by atoms with Gasteiger partial charge in [-0.2, -0.15) is 0 Å². The Morgan fingerprint density at radius 3 is 2.89 bits per heavy atom. The van der Waals surface area contributed by atoms with Crippen molar-refractivity contribution >= 4 is 29.1 Å². The Kier molecular flexibility index (Phi) is 3.52.